The van der Waals surface area contributed by atoms with Gasteiger partial charge >= 0.3 is 0 Å². The molecule has 0 heterocycles. The van der Waals surface area contributed by atoms with Gasteiger partial charge in [-0.2, -0.15) is 0 Å². The second kappa shape index (κ2) is 7.15. The molecular formula is C15H25BrN2. The van der Waals surface area contributed by atoms with Crippen LogP contribution in [0.25, 0.3) is 0 Å². The molecule has 0 radical (unpaired) electrons. The van der Waals surface area contributed by atoms with Crippen LogP contribution in [0.3, 0.4) is 0 Å². The first kappa shape index (κ1) is 15.5. The van der Waals surface area contributed by atoms with Crippen LogP contribution < -0.4 is 10.6 Å². The molecule has 2 N–H and O–H groups in total. The highest BCUT2D eigenvalue weighted by atomic mass is 79.9. The minimum Gasteiger partial charge on any atom is -0.374 e. The zero-order valence-corrected chi connectivity index (χ0v) is 13.5. The van der Waals surface area contributed by atoms with Crippen molar-refractivity contribution < 1.29 is 0 Å². The van der Waals surface area contributed by atoms with E-state index in [0.29, 0.717) is 5.92 Å². The predicted molar refractivity (Wildman–Crippen MR) is 84.2 cm³/mol. The van der Waals surface area contributed by atoms with Crippen molar-refractivity contribution in [2.24, 2.45) is 11.7 Å². The quantitative estimate of drug-likeness (QED) is 0.865. The summed E-state index contributed by atoms with van der Waals surface area (Å²) in [5, 5.41) is 0. The first-order chi connectivity index (χ1) is 8.43. The lowest BCUT2D eigenvalue weighted by Gasteiger charge is -2.25. The van der Waals surface area contributed by atoms with Gasteiger partial charge in [0.15, 0.2) is 0 Å². The molecule has 0 aliphatic heterocycles. The molecule has 102 valence electrons. The Morgan fingerprint density at radius 3 is 2.56 bits per heavy atom. The number of nitrogens with two attached hydrogens (primary N) is 1. The van der Waals surface area contributed by atoms with Crippen molar-refractivity contribution >= 4 is 21.6 Å². The van der Waals surface area contributed by atoms with E-state index in [4.69, 9.17) is 5.73 Å². The van der Waals surface area contributed by atoms with Crippen molar-refractivity contribution in [3.8, 4) is 0 Å². The van der Waals surface area contributed by atoms with E-state index in [-0.39, 0.29) is 6.04 Å². The van der Waals surface area contributed by atoms with Gasteiger partial charge in [0.1, 0.15) is 0 Å². The second-order valence-corrected chi connectivity index (χ2v) is 6.34. The third-order valence-corrected chi connectivity index (χ3v) is 3.60. The molecule has 0 aliphatic rings. The summed E-state index contributed by atoms with van der Waals surface area (Å²) in [5.74, 6) is 0.654. The largest absolute Gasteiger partial charge is 0.374 e. The van der Waals surface area contributed by atoms with Crippen LogP contribution in [0.1, 0.15) is 32.8 Å². The van der Waals surface area contributed by atoms with Gasteiger partial charge in [0.05, 0.1) is 0 Å². The van der Waals surface area contributed by atoms with Gasteiger partial charge in [-0.3, -0.25) is 0 Å². The molecule has 1 atom stereocenters. The van der Waals surface area contributed by atoms with Crippen LogP contribution in [-0.4, -0.2) is 19.6 Å². The summed E-state index contributed by atoms with van der Waals surface area (Å²) in [4.78, 5) is 2.33. The zero-order chi connectivity index (χ0) is 13.7. The number of hydrogen-bond donors (Lipinski definition) is 1. The Kier molecular flexibility index (Phi) is 6.16. The molecule has 0 aliphatic carbocycles. The molecule has 0 amide bonds. The average molecular weight is 313 g/mol. The fraction of sp³-hybridized carbons (Fsp3) is 0.600. The Bertz CT molecular complexity index is 377. The van der Waals surface area contributed by atoms with E-state index < -0.39 is 0 Å². The zero-order valence-electron chi connectivity index (χ0n) is 11.9. The van der Waals surface area contributed by atoms with Crippen LogP contribution in [0.15, 0.2) is 22.7 Å². The molecule has 0 bridgehead atoms. The Labute approximate surface area is 120 Å². The molecule has 1 aromatic rings. The van der Waals surface area contributed by atoms with Crippen molar-refractivity contribution in [1.29, 1.82) is 0 Å². The number of nitrogens with zero attached hydrogens (tertiary/aromatic N) is 1. The number of anilines is 1. The summed E-state index contributed by atoms with van der Waals surface area (Å²) < 4.78 is 1.13. The number of hydrogen-bond acceptors (Lipinski definition) is 2. The van der Waals surface area contributed by atoms with Crippen molar-refractivity contribution in [2.45, 2.75) is 39.7 Å². The summed E-state index contributed by atoms with van der Waals surface area (Å²) in [6, 6.07) is 6.73. The smallest absolute Gasteiger partial charge is 0.0408 e. The standard InChI is InChI=1S/C15H25BrN2/c1-5-14(17)8-12-6-7-13(16)9-15(12)18(4)10-11(2)3/h6-7,9,11,14H,5,8,10,17H2,1-4H3. The lowest BCUT2D eigenvalue weighted by Crippen LogP contribution is -2.26. The van der Waals surface area contributed by atoms with E-state index in [9.17, 15) is 0 Å². The van der Waals surface area contributed by atoms with E-state index in [1.54, 1.807) is 0 Å². The van der Waals surface area contributed by atoms with Gasteiger partial charge in [-0.25, -0.2) is 0 Å². The highest BCUT2D eigenvalue weighted by Gasteiger charge is 2.12. The van der Waals surface area contributed by atoms with Crippen molar-refractivity contribution in [3.05, 3.63) is 28.2 Å². The maximum Gasteiger partial charge on any atom is 0.0408 e. The maximum atomic E-state index is 6.08. The summed E-state index contributed by atoms with van der Waals surface area (Å²) >= 11 is 3.56. The number of benzene rings is 1. The van der Waals surface area contributed by atoms with Gasteiger partial charge in [-0.1, -0.05) is 42.8 Å². The van der Waals surface area contributed by atoms with Crippen LogP contribution in [-0.2, 0) is 6.42 Å². The Balaban J connectivity index is 2.95. The average Bonchev–Trinajstić information content (AvgIpc) is 2.30. The van der Waals surface area contributed by atoms with Gasteiger partial charge in [0, 0.05) is 29.8 Å². The normalized spacial score (nSPS) is 12.8. The highest BCUT2D eigenvalue weighted by Crippen LogP contribution is 2.26. The van der Waals surface area contributed by atoms with Gasteiger partial charge in [0.2, 0.25) is 0 Å². The Morgan fingerprint density at radius 2 is 2.00 bits per heavy atom. The van der Waals surface area contributed by atoms with E-state index >= 15 is 0 Å². The molecule has 0 spiro atoms. The van der Waals surface area contributed by atoms with Gasteiger partial charge in [-0.15, -0.1) is 0 Å². The first-order valence-electron chi connectivity index (χ1n) is 6.69. The first-order valence-corrected chi connectivity index (χ1v) is 7.48. The highest BCUT2D eigenvalue weighted by molar-refractivity contribution is 9.10. The van der Waals surface area contributed by atoms with E-state index in [0.717, 1.165) is 23.9 Å². The Hall–Kier alpha value is -0.540. The van der Waals surface area contributed by atoms with Gasteiger partial charge in [-0.05, 0) is 36.5 Å². The van der Waals surface area contributed by atoms with Crippen LogP contribution in [0.5, 0.6) is 0 Å². The fourth-order valence-electron chi connectivity index (χ4n) is 2.14. The predicted octanol–water partition coefficient (Wildman–Crippen LogP) is 3.82. The van der Waals surface area contributed by atoms with Gasteiger partial charge in [0.25, 0.3) is 0 Å². The summed E-state index contributed by atoms with van der Waals surface area (Å²) in [6.45, 7) is 7.68. The third-order valence-electron chi connectivity index (χ3n) is 3.10. The summed E-state index contributed by atoms with van der Waals surface area (Å²) in [7, 11) is 2.16. The van der Waals surface area contributed by atoms with Crippen molar-refractivity contribution in [3.63, 3.8) is 0 Å². The molecule has 0 aromatic heterocycles. The topological polar surface area (TPSA) is 29.3 Å². The number of rotatable bonds is 6. The minimum atomic E-state index is 0.248. The van der Waals surface area contributed by atoms with E-state index in [1.807, 2.05) is 0 Å². The van der Waals surface area contributed by atoms with Crippen molar-refractivity contribution in [2.75, 3.05) is 18.5 Å². The fourth-order valence-corrected chi connectivity index (χ4v) is 2.49. The molecule has 3 heteroatoms. The lowest BCUT2D eigenvalue weighted by molar-refractivity contribution is 0.626. The van der Waals surface area contributed by atoms with E-state index in [2.05, 4.69) is 66.8 Å². The van der Waals surface area contributed by atoms with Crippen LogP contribution in [0.2, 0.25) is 0 Å². The summed E-state index contributed by atoms with van der Waals surface area (Å²) in [5.41, 5.74) is 8.72. The molecule has 18 heavy (non-hydrogen) atoms. The van der Waals surface area contributed by atoms with Crippen LogP contribution in [0.4, 0.5) is 5.69 Å². The number of halogens is 1. The van der Waals surface area contributed by atoms with Gasteiger partial charge < -0.3 is 10.6 Å². The molecular weight excluding hydrogens is 288 g/mol. The monoisotopic (exact) mass is 312 g/mol. The molecule has 0 fully saturated rings. The third kappa shape index (κ3) is 4.62. The molecule has 1 unspecified atom stereocenters. The lowest BCUT2D eigenvalue weighted by atomic mass is 10.0. The Morgan fingerprint density at radius 1 is 1.33 bits per heavy atom. The van der Waals surface area contributed by atoms with Crippen LogP contribution >= 0.6 is 15.9 Å². The van der Waals surface area contributed by atoms with Crippen molar-refractivity contribution in [1.82, 2.24) is 0 Å². The second-order valence-electron chi connectivity index (χ2n) is 5.42. The maximum absolute atomic E-state index is 6.08. The minimum absolute atomic E-state index is 0.248. The molecule has 0 saturated carbocycles. The summed E-state index contributed by atoms with van der Waals surface area (Å²) in [6.07, 6.45) is 1.96. The molecule has 1 aromatic carbocycles. The van der Waals surface area contributed by atoms with E-state index in [1.165, 1.54) is 11.3 Å². The molecule has 0 saturated heterocycles. The molecule has 2 nitrogen and oxygen atoms in total. The van der Waals surface area contributed by atoms with Crippen LogP contribution in [0, 0.1) is 5.92 Å². The molecule has 1 rings (SSSR count). The SMILES string of the molecule is CCC(N)Cc1ccc(Br)cc1N(C)CC(C)C.